The first-order chi connectivity index (χ1) is 10.7. The summed E-state index contributed by atoms with van der Waals surface area (Å²) in [6.07, 6.45) is 5.75. The maximum atomic E-state index is 14.2. The molecule has 3 aromatic rings. The molecule has 0 aliphatic carbocycles. The summed E-state index contributed by atoms with van der Waals surface area (Å²) in [5.41, 5.74) is 2.28. The van der Waals surface area contributed by atoms with Gasteiger partial charge in [0.2, 0.25) is 0 Å². The first-order valence-corrected chi connectivity index (χ1v) is 8.99. The second-order valence-electron chi connectivity index (χ2n) is 5.31. The van der Waals surface area contributed by atoms with E-state index in [0.29, 0.717) is 11.0 Å². The van der Waals surface area contributed by atoms with E-state index in [9.17, 15) is 8.78 Å². The van der Waals surface area contributed by atoms with E-state index >= 15 is 0 Å². The quantitative estimate of drug-likeness (QED) is 0.529. The van der Waals surface area contributed by atoms with Crippen LogP contribution in [0.5, 0.6) is 0 Å². The third kappa shape index (κ3) is 3.03. The Morgan fingerprint density at radius 1 is 1.09 bits per heavy atom. The molecule has 1 aromatic carbocycles. The number of rotatable bonds is 6. The van der Waals surface area contributed by atoms with Gasteiger partial charge < -0.3 is 0 Å². The van der Waals surface area contributed by atoms with E-state index in [1.165, 1.54) is 36.2 Å². The Hall–Kier alpha value is -1.40. The van der Waals surface area contributed by atoms with Crippen molar-refractivity contribution in [1.29, 1.82) is 0 Å². The molecule has 0 amide bonds. The summed E-state index contributed by atoms with van der Waals surface area (Å²) in [4.78, 5) is 0.722. The predicted octanol–water partition coefficient (Wildman–Crippen LogP) is 5.82. The molecule has 0 aliphatic rings. The highest BCUT2D eigenvalue weighted by Crippen LogP contribution is 2.36. The first-order valence-electron chi connectivity index (χ1n) is 7.38. The minimum atomic E-state index is -0.868. The normalized spacial score (nSPS) is 11.4. The van der Waals surface area contributed by atoms with Crippen LogP contribution in [-0.2, 0) is 6.42 Å². The number of hydrogen-bond acceptors (Lipinski definition) is 4. The fourth-order valence-electron chi connectivity index (χ4n) is 2.49. The molecular formula is C16H16F2N2S2. The van der Waals surface area contributed by atoms with E-state index in [2.05, 4.69) is 15.7 Å². The van der Waals surface area contributed by atoms with Crippen LogP contribution in [0, 0.1) is 11.6 Å². The fourth-order valence-corrected chi connectivity index (χ4v) is 4.01. The van der Waals surface area contributed by atoms with Gasteiger partial charge in [-0.25, -0.2) is 8.78 Å². The predicted molar refractivity (Wildman–Crippen MR) is 88.5 cm³/mol. The molecule has 0 saturated carbocycles. The molecular weight excluding hydrogens is 322 g/mol. The van der Waals surface area contributed by atoms with Gasteiger partial charge in [0.1, 0.15) is 11.0 Å². The van der Waals surface area contributed by atoms with Crippen LogP contribution in [0.25, 0.3) is 21.5 Å². The van der Waals surface area contributed by atoms with Gasteiger partial charge in [-0.1, -0.05) is 26.2 Å². The summed E-state index contributed by atoms with van der Waals surface area (Å²) in [7, 11) is 0. The van der Waals surface area contributed by atoms with Gasteiger partial charge >= 0.3 is 0 Å². The molecule has 2 nitrogen and oxygen atoms in total. The molecule has 0 fully saturated rings. The van der Waals surface area contributed by atoms with Crippen molar-refractivity contribution in [2.75, 3.05) is 0 Å². The van der Waals surface area contributed by atoms with E-state index < -0.39 is 11.6 Å². The number of nitrogens with zero attached hydrogens (tertiary/aromatic N) is 2. The maximum absolute atomic E-state index is 14.2. The van der Waals surface area contributed by atoms with E-state index in [1.54, 1.807) is 0 Å². The molecule has 0 radical (unpaired) electrons. The van der Waals surface area contributed by atoms with Gasteiger partial charge in [0.05, 0.1) is 17.3 Å². The number of halogens is 2. The minimum Gasteiger partial charge on any atom is -0.204 e. The Balaban J connectivity index is 1.90. The van der Waals surface area contributed by atoms with Crippen molar-refractivity contribution in [3.05, 3.63) is 34.7 Å². The lowest BCUT2D eigenvalue weighted by molar-refractivity contribution is 0.513. The van der Waals surface area contributed by atoms with Gasteiger partial charge in [0.15, 0.2) is 11.6 Å². The van der Waals surface area contributed by atoms with Crippen LogP contribution in [0.1, 0.15) is 38.2 Å². The van der Waals surface area contributed by atoms with Crippen molar-refractivity contribution in [3.8, 4) is 10.4 Å². The summed E-state index contributed by atoms with van der Waals surface area (Å²) in [6, 6.07) is 3.06. The summed E-state index contributed by atoms with van der Waals surface area (Å²) in [6.45, 7) is 2.18. The van der Waals surface area contributed by atoms with Crippen LogP contribution in [0.15, 0.2) is 17.5 Å². The van der Waals surface area contributed by atoms with Crippen molar-refractivity contribution in [1.82, 2.24) is 8.75 Å². The van der Waals surface area contributed by atoms with E-state index in [-0.39, 0.29) is 5.56 Å². The highest BCUT2D eigenvalue weighted by atomic mass is 32.1. The van der Waals surface area contributed by atoms with Crippen LogP contribution in [0.4, 0.5) is 8.78 Å². The molecule has 3 rings (SSSR count). The lowest BCUT2D eigenvalue weighted by atomic mass is 10.1. The van der Waals surface area contributed by atoms with Crippen molar-refractivity contribution in [3.63, 3.8) is 0 Å². The fraction of sp³-hybridized carbons (Fsp3) is 0.375. The number of thiophene rings is 1. The Morgan fingerprint density at radius 3 is 2.77 bits per heavy atom. The molecule has 2 heterocycles. The first kappa shape index (κ1) is 15.5. The molecule has 6 heteroatoms. The molecule has 0 saturated heterocycles. The number of aryl methyl sites for hydroxylation is 1. The van der Waals surface area contributed by atoms with E-state index in [4.69, 9.17) is 0 Å². The average molecular weight is 338 g/mol. The monoisotopic (exact) mass is 338 g/mol. The van der Waals surface area contributed by atoms with Crippen molar-refractivity contribution in [2.24, 2.45) is 0 Å². The van der Waals surface area contributed by atoms with Gasteiger partial charge in [0.25, 0.3) is 0 Å². The van der Waals surface area contributed by atoms with Crippen molar-refractivity contribution >= 4 is 34.1 Å². The van der Waals surface area contributed by atoms with Crippen molar-refractivity contribution < 1.29 is 8.78 Å². The molecule has 0 aliphatic heterocycles. The van der Waals surface area contributed by atoms with Crippen LogP contribution in [0.3, 0.4) is 0 Å². The summed E-state index contributed by atoms with van der Waals surface area (Å²) in [5.74, 6) is -1.70. The summed E-state index contributed by atoms with van der Waals surface area (Å²) >= 11 is 2.41. The molecule has 0 atom stereocenters. The molecule has 0 spiro atoms. The largest absolute Gasteiger partial charge is 0.204 e. The highest BCUT2D eigenvalue weighted by molar-refractivity contribution is 7.13. The Kier molecular flexibility index (Phi) is 4.78. The standard InChI is InChI=1S/C16H16F2N2S2/c1-2-3-4-5-6-10-7-13(21-9-10)14-15(18)11(17)8-12-16(14)20-22-19-12/h7-9H,2-6H2,1H3. The number of unbranched alkanes of at least 4 members (excludes halogenated alkanes) is 3. The van der Waals surface area contributed by atoms with E-state index in [0.717, 1.165) is 35.5 Å². The Bertz CT molecular complexity index is 780. The second-order valence-corrected chi connectivity index (χ2v) is 6.75. The van der Waals surface area contributed by atoms with Crippen LogP contribution in [-0.4, -0.2) is 8.75 Å². The summed E-state index contributed by atoms with van der Waals surface area (Å²) < 4.78 is 36.1. The van der Waals surface area contributed by atoms with Crippen molar-refractivity contribution in [2.45, 2.75) is 39.0 Å². The highest BCUT2D eigenvalue weighted by Gasteiger charge is 2.19. The van der Waals surface area contributed by atoms with Crippen LogP contribution >= 0.6 is 23.1 Å². The van der Waals surface area contributed by atoms with E-state index in [1.807, 2.05) is 11.4 Å². The zero-order valence-electron chi connectivity index (χ0n) is 12.2. The SMILES string of the molecule is CCCCCCc1csc(-c2c(F)c(F)cc3nsnc23)c1. The Morgan fingerprint density at radius 2 is 1.95 bits per heavy atom. The lowest BCUT2D eigenvalue weighted by Gasteiger charge is -2.02. The van der Waals surface area contributed by atoms with Gasteiger partial charge in [-0.2, -0.15) is 8.75 Å². The average Bonchev–Trinajstić information content (AvgIpc) is 3.14. The molecule has 22 heavy (non-hydrogen) atoms. The zero-order valence-corrected chi connectivity index (χ0v) is 13.9. The smallest absolute Gasteiger partial charge is 0.169 e. The molecule has 0 unspecified atom stereocenters. The lowest BCUT2D eigenvalue weighted by Crippen LogP contribution is -1.90. The van der Waals surface area contributed by atoms with Gasteiger partial charge in [-0.3, -0.25) is 0 Å². The van der Waals surface area contributed by atoms with Crippen LogP contribution < -0.4 is 0 Å². The molecule has 0 N–H and O–H groups in total. The molecule has 2 aromatic heterocycles. The maximum Gasteiger partial charge on any atom is 0.169 e. The summed E-state index contributed by atoms with van der Waals surface area (Å²) in [5, 5.41) is 2.03. The topological polar surface area (TPSA) is 25.8 Å². The zero-order chi connectivity index (χ0) is 15.5. The van der Waals surface area contributed by atoms with Gasteiger partial charge in [-0.05, 0) is 29.9 Å². The molecule has 0 bridgehead atoms. The second kappa shape index (κ2) is 6.79. The van der Waals surface area contributed by atoms with Crippen LogP contribution in [0.2, 0.25) is 0 Å². The van der Waals surface area contributed by atoms with Gasteiger partial charge in [-0.15, -0.1) is 11.3 Å². The number of fused-ring (bicyclic) bond motifs is 1. The third-order valence-electron chi connectivity index (χ3n) is 3.66. The number of benzene rings is 1. The van der Waals surface area contributed by atoms with Gasteiger partial charge in [0, 0.05) is 10.9 Å². The third-order valence-corrected chi connectivity index (χ3v) is 5.20. The minimum absolute atomic E-state index is 0.244. The number of aromatic nitrogens is 2. The molecule has 116 valence electrons. The number of hydrogen-bond donors (Lipinski definition) is 0. The Labute approximate surface area is 136 Å².